The number of thioether (sulfide) groups is 1. The first-order valence-electron chi connectivity index (χ1n) is 7.47. The molecule has 4 aromatic rings. The molecule has 0 unspecified atom stereocenters. The summed E-state index contributed by atoms with van der Waals surface area (Å²) in [5, 5.41) is 1.75. The second-order valence-electron chi connectivity index (χ2n) is 5.39. The van der Waals surface area contributed by atoms with Gasteiger partial charge in [-0.2, -0.15) is 0 Å². The Morgan fingerprint density at radius 2 is 1.96 bits per heavy atom. The van der Waals surface area contributed by atoms with Gasteiger partial charge in [-0.3, -0.25) is 4.79 Å². The van der Waals surface area contributed by atoms with Gasteiger partial charge in [-0.05, 0) is 30.3 Å². The number of aromatic amines is 2. The summed E-state index contributed by atoms with van der Waals surface area (Å²) in [6.45, 7) is 0. The van der Waals surface area contributed by atoms with Crippen molar-refractivity contribution in [2.45, 2.75) is 10.9 Å². The molecule has 0 amide bonds. The van der Waals surface area contributed by atoms with Crippen LogP contribution < -0.4 is 10.3 Å². The van der Waals surface area contributed by atoms with Crippen LogP contribution in [0.2, 0.25) is 5.02 Å². The third-order valence-electron chi connectivity index (χ3n) is 3.73. The van der Waals surface area contributed by atoms with E-state index in [2.05, 4.69) is 19.9 Å². The minimum Gasteiger partial charge on any atom is -0.497 e. The molecular weight excluding hydrogens is 360 g/mol. The first-order valence-corrected chi connectivity index (χ1v) is 8.84. The normalized spacial score (nSPS) is 11.3. The molecule has 126 valence electrons. The Labute approximate surface area is 151 Å². The van der Waals surface area contributed by atoms with E-state index in [0.717, 1.165) is 21.9 Å². The summed E-state index contributed by atoms with van der Waals surface area (Å²) in [6, 6.07) is 10.7. The van der Waals surface area contributed by atoms with E-state index >= 15 is 0 Å². The fraction of sp³-hybridized carbons (Fsp3) is 0.118. The summed E-state index contributed by atoms with van der Waals surface area (Å²) in [5.74, 6) is 1.85. The predicted octanol–water partition coefficient (Wildman–Crippen LogP) is 3.75. The van der Waals surface area contributed by atoms with Crippen LogP contribution in [0.1, 0.15) is 5.82 Å². The monoisotopic (exact) mass is 372 g/mol. The van der Waals surface area contributed by atoms with Crippen molar-refractivity contribution in [1.82, 2.24) is 19.9 Å². The third kappa shape index (κ3) is 3.20. The van der Waals surface area contributed by atoms with Crippen molar-refractivity contribution >= 4 is 45.3 Å². The predicted molar refractivity (Wildman–Crippen MR) is 99.6 cm³/mol. The van der Waals surface area contributed by atoms with E-state index in [1.165, 1.54) is 11.8 Å². The molecule has 0 aliphatic rings. The first-order chi connectivity index (χ1) is 12.1. The van der Waals surface area contributed by atoms with E-state index in [1.807, 2.05) is 18.2 Å². The van der Waals surface area contributed by atoms with Gasteiger partial charge in [-0.1, -0.05) is 23.4 Å². The lowest BCUT2D eigenvalue weighted by Crippen LogP contribution is -2.11. The van der Waals surface area contributed by atoms with Crippen molar-refractivity contribution in [3.05, 3.63) is 57.6 Å². The van der Waals surface area contributed by atoms with Gasteiger partial charge in [0.25, 0.3) is 5.56 Å². The fourth-order valence-electron chi connectivity index (χ4n) is 2.53. The summed E-state index contributed by atoms with van der Waals surface area (Å²) < 4.78 is 5.21. The van der Waals surface area contributed by atoms with Crippen molar-refractivity contribution < 1.29 is 4.74 Å². The van der Waals surface area contributed by atoms with Crippen molar-refractivity contribution in [3.8, 4) is 5.75 Å². The molecule has 0 atom stereocenters. The Kier molecular flexibility index (Phi) is 4.10. The second-order valence-corrected chi connectivity index (χ2v) is 6.79. The number of aromatic nitrogens is 4. The summed E-state index contributed by atoms with van der Waals surface area (Å²) in [4.78, 5) is 27.2. The molecule has 2 N–H and O–H groups in total. The largest absolute Gasteiger partial charge is 0.497 e. The summed E-state index contributed by atoms with van der Waals surface area (Å²) in [5.41, 5.74) is 2.19. The highest BCUT2D eigenvalue weighted by Gasteiger charge is 2.08. The lowest BCUT2D eigenvalue weighted by atomic mass is 10.2. The zero-order valence-corrected chi connectivity index (χ0v) is 14.7. The summed E-state index contributed by atoms with van der Waals surface area (Å²) in [7, 11) is 1.63. The molecule has 0 fully saturated rings. The van der Waals surface area contributed by atoms with Crippen molar-refractivity contribution in [1.29, 1.82) is 0 Å². The zero-order chi connectivity index (χ0) is 17.4. The number of nitrogens with zero attached hydrogens (tertiary/aromatic N) is 2. The van der Waals surface area contributed by atoms with E-state index in [-0.39, 0.29) is 5.56 Å². The Hall–Kier alpha value is -2.51. The maximum atomic E-state index is 12.2. The molecule has 25 heavy (non-hydrogen) atoms. The van der Waals surface area contributed by atoms with Gasteiger partial charge in [-0.15, -0.1) is 0 Å². The number of methoxy groups -OCH3 is 1. The summed E-state index contributed by atoms with van der Waals surface area (Å²) in [6.07, 6.45) is 0. The molecule has 0 aliphatic heterocycles. The molecular formula is C17H13ClN4O2S. The highest BCUT2D eigenvalue weighted by Crippen LogP contribution is 2.25. The van der Waals surface area contributed by atoms with Crippen LogP contribution in [-0.2, 0) is 5.75 Å². The lowest BCUT2D eigenvalue weighted by molar-refractivity contribution is 0.415. The van der Waals surface area contributed by atoms with E-state index < -0.39 is 0 Å². The number of benzene rings is 2. The van der Waals surface area contributed by atoms with Crippen molar-refractivity contribution in [2.75, 3.05) is 7.11 Å². The topological polar surface area (TPSA) is 83.7 Å². The molecule has 0 radical (unpaired) electrons. The van der Waals surface area contributed by atoms with Gasteiger partial charge in [0.1, 0.15) is 11.6 Å². The maximum absolute atomic E-state index is 12.2. The minimum atomic E-state index is -0.197. The van der Waals surface area contributed by atoms with Crippen LogP contribution in [0.4, 0.5) is 0 Å². The number of imidazole rings is 1. The molecule has 0 saturated heterocycles. The van der Waals surface area contributed by atoms with Gasteiger partial charge < -0.3 is 14.7 Å². The van der Waals surface area contributed by atoms with Crippen LogP contribution in [0.3, 0.4) is 0 Å². The lowest BCUT2D eigenvalue weighted by Gasteiger charge is -2.02. The number of hydrogen-bond donors (Lipinski definition) is 2. The van der Waals surface area contributed by atoms with Crippen LogP contribution in [-0.4, -0.2) is 27.0 Å². The molecule has 2 aromatic carbocycles. The Balaban J connectivity index is 1.59. The molecule has 0 saturated carbocycles. The Morgan fingerprint density at radius 3 is 2.80 bits per heavy atom. The van der Waals surface area contributed by atoms with E-state index in [9.17, 15) is 4.79 Å². The standard InChI is InChI=1S/C17H13ClN4O2S/c1-24-10-3-5-13-14(7-10)21-17(20-13)25-8-15-19-12-4-2-9(18)6-11(12)16(23)22-15/h2-7H,8H2,1H3,(H,20,21)(H,19,22,23). The van der Waals surface area contributed by atoms with Gasteiger partial charge in [-0.25, -0.2) is 9.97 Å². The maximum Gasteiger partial charge on any atom is 0.258 e. The molecule has 2 aromatic heterocycles. The second kappa shape index (κ2) is 6.42. The molecule has 2 heterocycles. The number of halogens is 1. The van der Waals surface area contributed by atoms with Gasteiger partial charge in [0, 0.05) is 11.1 Å². The number of rotatable bonds is 4. The molecule has 0 aliphatic carbocycles. The fourth-order valence-corrected chi connectivity index (χ4v) is 3.45. The third-order valence-corrected chi connectivity index (χ3v) is 4.85. The first kappa shape index (κ1) is 16.0. The molecule has 0 spiro atoms. The minimum absolute atomic E-state index is 0.197. The van der Waals surface area contributed by atoms with Crippen LogP contribution in [0.5, 0.6) is 5.75 Å². The van der Waals surface area contributed by atoms with Crippen LogP contribution in [0.25, 0.3) is 21.9 Å². The van der Waals surface area contributed by atoms with Crippen molar-refractivity contribution in [2.24, 2.45) is 0 Å². The van der Waals surface area contributed by atoms with Crippen LogP contribution in [0.15, 0.2) is 46.3 Å². The smallest absolute Gasteiger partial charge is 0.258 e. The SMILES string of the molecule is COc1ccc2nc(SCc3nc4ccc(Cl)cc4c(=O)[nH]3)[nH]c2c1. The number of ether oxygens (including phenoxy) is 1. The number of H-pyrrole nitrogens is 2. The van der Waals surface area contributed by atoms with Crippen molar-refractivity contribution in [3.63, 3.8) is 0 Å². The Morgan fingerprint density at radius 1 is 1.12 bits per heavy atom. The van der Waals surface area contributed by atoms with Gasteiger partial charge >= 0.3 is 0 Å². The molecule has 0 bridgehead atoms. The van der Waals surface area contributed by atoms with Gasteiger partial charge in [0.2, 0.25) is 0 Å². The zero-order valence-electron chi connectivity index (χ0n) is 13.2. The average Bonchev–Trinajstić information content (AvgIpc) is 3.02. The van der Waals surface area contributed by atoms with E-state index in [4.69, 9.17) is 16.3 Å². The average molecular weight is 373 g/mol. The quantitative estimate of drug-likeness (QED) is 0.533. The van der Waals surface area contributed by atoms with Crippen LogP contribution >= 0.6 is 23.4 Å². The number of nitrogens with one attached hydrogen (secondary N) is 2. The van der Waals surface area contributed by atoms with E-state index in [0.29, 0.717) is 27.5 Å². The molecule has 4 rings (SSSR count). The van der Waals surface area contributed by atoms with E-state index in [1.54, 1.807) is 25.3 Å². The van der Waals surface area contributed by atoms with Gasteiger partial charge in [0.15, 0.2) is 5.16 Å². The molecule has 8 heteroatoms. The van der Waals surface area contributed by atoms with Gasteiger partial charge in [0.05, 0.1) is 34.8 Å². The highest BCUT2D eigenvalue weighted by molar-refractivity contribution is 7.98. The Bertz CT molecular complexity index is 1140. The summed E-state index contributed by atoms with van der Waals surface area (Å²) >= 11 is 7.39. The highest BCUT2D eigenvalue weighted by atomic mass is 35.5. The molecule has 6 nitrogen and oxygen atoms in total. The van der Waals surface area contributed by atoms with Crippen LogP contribution in [0, 0.1) is 0 Å². The number of fused-ring (bicyclic) bond motifs is 2. The number of hydrogen-bond acceptors (Lipinski definition) is 5.